The third-order valence-corrected chi connectivity index (χ3v) is 4.75. The number of hydrogen-bond donors (Lipinski definition) is 2. The summed E-state index contributed by atoms with van der Waals surface area (Å²) in [6.45, 7) is 4.17. The molecule has 116 valence electrons. The van der Waals surface area contributed by atoms with Crippen LogP contribution in [0.1, 0.15) is 37.2 Å². The van der Waals surface area contributed by atoms with Crippen molar-refractivity contribution in [3.05, 3.63) is 23.8 Å². The monoisotopic (exact) mass is 310 g/mol. The molecule has 3 rings (SSSR count). The zero-order chi connectivity index (χ0) is 14.0. The highest BCUT2D eigenvalue weighted by atomic mass is 35.5. The summed E-state index contributed by atoms with van der Waals surface area (Å²) < 4.78 is 0. The number of nitrogens with one attached hydrogen (secondary N) is 2. The molecule has 21 heavy (non-hydrogen) atoms. The summed E-state index contributed by atoms with van der Waals surface area (Å²) in [7, 11) is 0. The lowest BCUT2D eigenvalue weighted by Gasteiger charge is -2.37. The Morgan fingerprint density at radius 2 is 2.38 bits per heavy atom. The van der Waals surface area contributed by atoms with Crippen molar-refractivity contribution < 1.29 is 4.79 Å². The average molecular weight is 311 g/mol. The second kappa shape index (κ2) is 6.71. The average Bonchev–Trinajstić information content (AvgIpc) is 2.90. The maximum Gasteiger partial charge on any atom is 0.228 e. The summed E-state index contributed by atoms with van der Waals surface area (Å²) in [5.74, 6) is 1.44. The van der Waals surface area contributed by atoms with Crippen LogP contribution in [0.2, 0.25) is 0 Å². The predicted octanol–water partition coefficient (Wildman–Crippen LogP) is 1.60. The molecule has 0 bridgehead atoms. The van der Waals surface area contributed by atoms with E-state index in [-0.39, 0.29) is 23.7 Å². The molecule has 2 N–H and O–H groups in total. The van der Waals surface area contributed by atoms with Gasteiger partial charge in [-0.05, 0) is 38.3 Å². The van der Waals surface area contributed by atoms with Gasteiger partial charge in [0.2, 0.25) is 5.91 Å². The first-order chi connectivity index (χ1) is 9.71. The second-order valence-corrected chi connectivity index (χ2v) is 6.01. The Morgan fingerprint density at radius 1 is 1.52 bits per heavy atom. The largest absolute Gasteiger partial charge is 0.350 e. The van der Waals surface area contributed by atoms with E-state index in [0.717, 1.165) is 37.4 Å². The normalized spacial score (nSPS) is 27.6. The van der Waals surface area contributed by atoms with Crippen LogP contribution >= 0.6 is 12.4 Å². The minimum Gasteiger partial charge on any atom is -0.350 e. The second-order valence-electron chi connectivity index (χ2n) is 6.01. The summed E-state index contributed by atoms with van der Waals surface area (Å²) in [6, 6.07) is 1.86. The molecule has 1 aliphatic carbocycles. The molecule has 1 amide bonds. The van der Waals surface area contributed by atoms with Crippen molar-refractivity contribution in [1.82, 2.24) is 20.6 Å². The smallest absolute Gasteiger partial charge is 0.228 e. The summed E-state index contributed by atoms with van der Waals surface area (Å²) >= 11 is 0. The SMILES string of the molecule is Cc1nccc(CNC(=O)[C@@]23CCCC[C@H]2CNC3)n1.Cl. The molecule has 5 nitrogen and oxygen atoms in total. The minimum absolute atomic E-state index is 0. The zero-order valence-corrected chi connectivity index (χ0v) is 13.2. The van der Waals surface area contributed by atoms with Crippen molar-refractivity contribution in [2.75, 3.05) is 13.1 Å². The van der Waals surface area contributed by atoms with Crippen molar-refractivity contribution in [1.29, 1.82) is 0 Å². The Kier molecular flexibility index (Phi) is 5.17. The van der Waals surface area contributed by atoms with Gasteiger partial charge in [0.05, 0.1) is 17.7 Å². The van der Waals surface area contributed by atoms with Crippen LogP contribution in [0.15, 0.2) is 12.3 Å². The number of aryl methyl sites for hydroxylation is 1. The number of amides is 1. The van der Waals surface area contributed by atoms with Crippen LogP contribution in [-0.4, -0.2) is 29.0 Å². The third-order valence-electron chi connectivity index (χ3n) is 4.75. The molecular weight excluding hydrogens is 288 g/mol. The van der Waals surface area contributed by atoms with Gasteiger partial charge in [0.15, 0.2) is 0 Å². The maximum atomic E-state index is 12.7. The van der Waals surface area contributed by atoms with Gasteiger partial charge in [0, 0.05) is 12.7 Å². The number of fused-ring (bicyclic) bond motifs is 1. The lowest BCUT2D eigenvalue weighted by molar-refractivity contribution is -0.134. The van der Waals surface area contributed by atoms with E-state index in [1.165, 1.54) is 12.8 Å². The Labute approximate surface area is 131 Å². The molecule has 0 radical (unpaired) electrons. The van der Waals surface area contributed by atoms with Crippen LogP contribution in [0.5, 0.6) is 0 Å². The van der Waals surface area contributed by atoms with Gasteiger partial charge in [-0.15, -0.1) is 12.4 Å². The number of hydrogen-bond acceptors (Lipinski definition) is 4. The van der Waals surface area contributed by atoms with E-state index in [1.807, 2.05) is 13.0 Å². The van der Waals surface area contributed by atoms with Crippen LogP contribution in [0.4, 0.5) is 0 Å². The van der Waals surface area contributed by atoms with Crippen LogP contribution in [0, 0.1) is 18.3 Å². The Hall–Kier alpha value is -1.20. The number of aromatic nitrogens is 2. The summed E-state index contributed by atoms with van der Waals surface area (Å²) in [5, 5.41) is 6.50. The van der Waals surface area contributed by atoms with E-state index in [4.69, 9.17) is 0 Å². The number of halogens is 1. The summed E-state index contributed by atoms with van der Waals surface area (Å²) in [5.41, 5.74) is 0.695. The molecule has 0 aromatic carbocycles. The quantitative estimate of drug-likeness (QED) is 0.890. The fourth-order valence-electron chi connectivity index (χ4n) is 3.64. The Balaban J connectivity index is 0.00000161. The molecular formula is C15H23ClN4O. The highest BCUT2D eigenvalue weighted by molar-refractivity contribution is 5.85. The lowest BCUT2D eigenvalue weighted by atomic mass is 9.67. The van der Waals surface area contributed by atoms with Gasteiger partial charge >= 0.3 is 0 Å². The van der Waals surface area contributed by atoms with E-state index >= 15 is 0 Å². The Morgan fingerprint density at radius 3 is 3.19 bits per heavy atom. The standard InChI is InChI=1S/C15H22N4O.ClH/c1-11-17-7-5-13(19-11)9-18-14(20)15-6-3-2-4-12(15)8-16-10-15;/h5,7,12,16H,2-4,6,8-10H2,1H3,(H,18,20);1H/t12-,15+;/m0./s1. The van der Waals surface area contributed by atoms with Crippen molar-refractivity contribution in [2.24, 2.45) is 11.3 Å². The van der Waals surface area contributed by atoms with Crippen molar-refractivity contribution in [3.8, 4) is 0 Å². The van der Waals surface area contributed by atoms with Crippen molar-refractivity contribution in [2.45, 2.75) is 39.2 Å². The third kappa shape index (κ3) is 3.19. The molecule has 6 heteroatoms. The molecule has 2 aliphatic rings. The van der Waals surface area contributed by atoms with E-state index in [0.29, 0.717) is 12.5 Å². The van der Waals surface area contributed by atoms with Crippen LogP contribution in [0.3, 0.4) is 0 Å². The highest BCUT2D eigenvalue weighted by Gasteiger charge is 2.49. The molecule has 0 unspecified atom stereocenters. The molecule has 2 fully saturated rings. The first-order valence-corrected chi connectivity index (χ1v) is 7.48. The fourth-order valence-corrected chi connectivity index (χ4v) is 3.64. The molecule has 1 saturated carbocycles. The van der Waals surface area contributed by atoms with Gasteiger partial charge in [0.25, 0.3) is 0 Å². The van der Waals surface area contributed by atoms with Crippen LogP contribution < -0.4 is 10.6 Å². The minimum atomic E-state index is -0.180. The molecule has 1 aliphatic heterocycles. The first kappa shape index (κ1) is 16.2. The Bertz CT molecular complexity index is 510. The molecule has 1 saturated heterocycles. The topological polar surface area (TPSA) is 66.9 Å². The van der Waals surface area contributed by atoms with Gasteiger partial charge in [-0.1, -0.05) is 12.8 Å². The molecule has 1 aromatic rings. The van der Waals surface area contributed by atoms with E-state index in [1.54, 1.807) is 6.20 Å². The number of carbonyl (C=O) groups excluding carboxylic acids is 1. The zero-order valence-electron chi connectivity index (χ0n) is 12.4. The number of rotatable bonds is 3. The first-order valence-electron chi connectivity index (χ1n) is 7.48. The van der Waals surface area contributed by atoms with E-state index < -0.39 is 0 Å². The van der Waals surface area contributed by atoms with Crippen molar-refractivity contribution in [3.63, 3.8) is 0 Å². The summed E-state index contributed by atoms with van der Waals surface area (Å²) in [6.07, 6.45) is 6.35. The van der Waals surface area contributed by atoms with Gasteiger partial charge in [0.1, 0.15) is 5.82 Å². The molecule has 1 aromatic heterocycles. The summed E-state index contributed by atoms with van der Waals surface area (Å²) in [4.78, 5) is 21.1. The van der Waals surface area contributed by atoms with Gasteiger partial charge in [-0.3, -0.25) is 4.79 Å². The van der Waals surface area contributed by atoms with Gasteiger partial charge in [-0.2, -0.15) is 0 Å². The number of carbonyl (C=O) groups is 1. The van der Waals surface area contributed by atoms with Crippen LogP contribution in [-0.2, 0) is 11.3 Å². The van der Waals surface area contributed by atoms with Gasteiger partial charge < -0.3 is 10.6 Å². The molecule has 2 atom stereocenters. The van der Waals surface area contributed by atoms with Crippen LogP contribution in [0.25, 0.3) is 0 Å². The lowest BCUT2D eigenvalue weighted by Crippen LogP contribution is -2.47. The molecule has 0 spiro atoms. The predicted molar refractivity (Wildman–Crippen MR) is 83.1 cm³/mol. The molecule has 2 heterocycles. The van der Waals surface area contributed by atoms with E-state index in [2.05, 4.69) is 20.6 Å². The van der Waals surface area contributed by atoms with E-state index in [9.17, 15) is 4.79 Å². The maximum absolute atomic E-state index is 12.7. The number of nitrogens with zero attached hydrogens (tertiary/aromatic N) is 2. The fraction of sp³-hybridized carbons (Fsp3) is 0.667. The van der Waals surface area contributed by atoms with Crippen molar-refractivity contribution >= 4 is 18.3 Å². The highest BCUT2D eigenvalue weighted by Crippen LogP contribution is 2.43. The van der Waals surface area contributed by atoms with Gasteiger partial charge in [-0.25, -0.2) is 9.97 Å².